The maximum absolute atomic E-state index is 11.2. The van der Waals surface area contributed by atoms with E-state index in [1.165, 1.54) is 0 Å². The molecule has 0 radical (unpaired) electrons. The molecule has 0 aliphatic rings. The fourth-order valence-corrected chi connectivity index (χ4v) is 1.10. The van der Waals surface area contributed by atoms with Gasteiger partial charge in [-0.25, -0.2) is 4.79 Å². The van der Waals surface area contributed by atoms with Crippen molar-refractivity contribution in [2.45, 2.75) is 47.0 Å². The standard InChI is InChI=1S/C10H23N3O2.2C2H6/c1-13(2)8-5-7-12-10(15)11-6-3-4-9-14;2*1-2/h14H,3-9H2,1-2H3,(H2,11,12,15);2*1-2H3. The fraction of sp³-hybridized carbons (Fsp3) is 0.929. The Hall–Kier alpha value is -0.810. The molecule has 5 nitrogen and oxygen atoms in total. The summed E-state index contributed by atoms with van der Waals surface area (Å²) in [5, 5.41) is 14.0. The molecule has 0 aliphatic heterocycles. The number of amides is 2. The fourth-order valence-electron chi connectivity index (χ4n) is 1.10. The molecule has 0 rings (SSSR count). The predicted molar refractivity (Wildman–Crippen MR) is 83.6 cm³/mol. The second-order valence-corrected chi connectivity index (χ2v) is 3.77. The van der Waals surface area contributed by atoms with Gasteiger partial charge in [0.05, 0.1) is 0 Å². The molecule has 0 bridgehead atoms. The van der Waals surface area contributed by atoms with Crippen LogP contribution in [0.4, 0.5) is 4.79 Å². The highest BCUT2D eigenvalue weighted by Gasteiger charge is 1.98. The average molecular weight is 277 g/mol. The summed E-state index contributed by atoms with van der Waals surface area (Å²) >= 11 is 0. The van der Waals surface area contributed by atoms with Gasteiger partial charge < -0.3 is 20.6 Å². The summed E-state index contributed by atoms with van der Waals surface area (Å²) in [5.41, 5.74) is 0. The Kier molecular flexibility index (Phi) is 27.4. The van der Waals surface area contributed by atoms with E-state index in [0.29, 0.717) is 13.1 Å². The molecular weight excluding hydrogens is 242 g/mol. The number of aliphatic hydroxyl groups is 1. The van der Waals surface area contributed by atoms with Crippen LogP contribution in [-0.4, -0.2) is 56.4 Å². The summed E-state index contributed by atoms with van der Waals surface area (Å²) in [6.45, 7) is 10.5. The van der Waals surface area contributed by atoms with Gasteiger partial charge in [-0.05, 0) is 39.9 Å². The molecule has 0 aromatic heterocycles. The monoisotopic (exact) mass is 277 g/mol. The van der Waals surface area contributed by atoms with Crippen molar-refractivity contribution in [1.29, 1.82) is 0 Å². The predicted octanol–water partition coefficient (Wildman–Crippen LogP) is 2.06. The third kappa shape index (κ3) is 26.7. The van der Waals surface area contributed by atoms with E-state index in [2.05, 4.69) is 15.5 Å². The van der Waals surface area contributed by atoms with Gasteiger partial charge in [0, 0.05) is 19.7 Å². The number of nitrogens with one attached hydrogen (secondary N) is 2. The normalized spacial score (nSPS) is 8.84. The van der Waals surface area contributed by atoms with Gasteiger partial charge in [-0.15, -0.1) is 0 Å². The molecule has 0 atom stereocenters. The van der Waals surface area contributed by atoms with Crippen LogP contribution in [0, 0.1) is 0 Å². The Bertz CT molecular complexity index is 165. The number of carbonyl (C=O) groups is 1. The van der Waals surface area contributed by atoms with Crippen molar-refractivity contribution < 1.29 is 9.90 Å². The minimum atomic E-state index is -0.119. The van der Waals surface area contributed by atoms with Crippen LogP contribution in [0.1, 0.15) is 47.0 Å². The highest BCUT2D eigenvalue weighted by Crippen LogP contribution is 1.84. The van der Waals surface area contributed by atoms with Gasteiger partial charge in [0.25, 0.3) is 0 Å². The Labute approximate surface area is 119 Å². The molecule has 19 heavy (non-hydrogen) atoms. The quantitative estimate of drug-likeness (QED) is 0.595. The maximum Gasteiger partial charge on any atom is 0.314 e. The molecule has 0 unspecified atom stereocenters. The van der Waals surface area contributed by atoms with Gasteiger partial charge in [-0.3, -0.25) is 0 Å². The Balaban J connectivity index is -0.000000579. The molecule has 0 heterocycles. The molecule has 5 heteroatoms. The smallest absolute Gasteiger partial charge is 0.314 e. The van der Waals surface area contributed by atoms with Gasteiger partial charge in [-0.2, -0.15) is 0 Å². The molecule has 118 valence electrons. The lowest BCUT2D eigenvalue weighted by atomic mass is 10.3. The topological polar surface area (TPSA) is 64.6 Å². The first-order valence-electron chi connectivity index (χ1n) is 7.44. The lowest BCUT2D eigenvalue weighted by molar-refractivity contribution is 0.238. The number of carbonyl (C=O) groups excluding carboxylic acids is 1. The summed E-state index contributed by atoms with van der Waals surface area (Å²) in [6, 6.07) is -0.119. The number of unbranched alkanes of at least 4 members (excludes halogenated alkanes) is 1. The van der Waals surface area contributed by atoms with E-state index in [1.807, 2.05) is 41.8 Å². The van der Waals surface area contributed by atoms with Gasteiger partial charge in [0.15, 0.2) is 0 Å². The molecule has 0 aliphatic carbocycles. The Morgan fingerprint density at radius 1 is 0.947 bits per heavy atom. The first-order chi connectivity index (χ1) is 9.16. The molecule has 0 saturated carbocycles. The summed E-state index contributed by atoms with van der Waals surface area (Å²) in [7, 11) is 4.02. The number of nitrogens with zero attached hydrogens (tertiary/aromatic N) is 1. The summed E-state index contributed by atoms with van der Waals surface area (Å²) < 4.78 is 0. The van der Waals surface area contributed by atoms with Crippen molar-refractivity contribution in [1.82, 2.24) is 15.5 Å². The third-order valence-corrected chi connectivity index (χ3v) is 1.94. The van der Waals surface area contributed by atoms with Crippen LogP contribution in [0.2, 0.25) is 0 Å². The van der Waals surface area contributed by atoms with Crippen LogP contribution in [0.3, 0.4) is 0 Å². The minimum Gasteiger partial charge on any atom is -0.396 e. The third-order valence-electron chi connectivity index (χ3n) is 1.94. The van der Waals surface area contributed by atoms with E-state index in [4.69, 9.17) is 5.11 Å². The molecule has 0 spiro atoms. The van der Waals surface area contributed by atoms with Crippen molar-refractivity contribution in [3.8, 4) is 0 Å². The molecule has 0 aromatic carbocycles. The Morgan fingerprint density at radius 3 is 1.84 bits per heavy atom. The van der Waals surface area contributed by atoms with Crippen LogP contribution in [0.15, 0.2) is 0 Å². The molecule has 0 aromatic rings. The van der Waals surface area contributed by atoms with Gasteiger partial charge in [0.1, 0.15) is 0 Å². The van der Waals surface area contributed by atoms with Crippen molar-refractivity contribution >= 4 is 6.03 Å². The Morgan fingerprint density at radius 2 is 1.42 bits per heavy atom. The van der Waals surface area contributed by atoms with Gasteiger partial charge >= 0.3 is 6.03 Å². The molecule has 2 amide bonds. The number of urea groups is 1. The highest BCUT2D eigenvalue weighted by atomic mass is 16.3. The molecule has 0 saturated heterocycles. The van der Waals surface area contributed by atoms with Gasteiger partial charge in [0.2, 0.25) is 0 Å². The molecule has 3 N–H and O–H groups in total. The van der Waals surface area contributed by atoms with Crippen LogP contribution in [-0.2, 0) is 0 Å². The van der Waals surface area contributed by atoms with E-state index in [0.717, 1.165) is 25.8 Å². The van der Waals surface area contributed by atoms with E-state index in [1.54, 1.807) is 0 Å². The summed E-state index contributed by atoms with van der Waals surface area (Å²) in [6.07, 6.45) is 2.51. The van der Waals surface area contributed by atoms with E-state index in [9.17, 15) is 4.79 Å². The highest BCUT2D eigenvalue weighted by molar-refractivity contribution is 5.73. The van der Waals surface area contributed by atoms with Crippen LogP contribution < -0.4 is 10.6 Å². The first-order valence-corrected chi connectivity index (χ1v) is 7.44. The van der Waals surface area contributed by atoms with Crippen LogP contribution >= 0.6 is 0 Å². The zero-order valence-corrected chi connectivity index (χ0v) is 13.8. The SMILES string of the molecule is CC.CC.CN(C)CCCNC(=O)NCCCCO. The van der Waals surface area contributed by atoms with E-state index < -0.39 is 0 Å². The second kappa shape index (κ2) is 22.4. The zero-order chi connectivity index (χ0) is 15.5. The van der Waals surface area contributed by atoms with Crippen LogP contribution in [0.5, 0.6) is 0 Å². The largest absolute Gasteiger partial charge is 0.396 e. The van der Waals surface area contributed by atoms with Crippen molar-refractivity contribution in [3.05, 3.63) is 0 Å². The van der Waals surface area contributed by atoms with Crippen molar-refractivity contribution in [2.24, 2.45) is 0 Å². The van der Waals surface area contributed by atoms with E-state index >= 15 is 0 Å². The number of aliphatic hydroxyl groups excluding tert-OH is 1. The maximum atomic E-state index is 11.2. The zero-order valence-electron chi connectivity index (χ0n) is 13.8. The second-order valence-electron chi connectivity index (χ2n) is 3.77. The number of hydrogen-bond donors (Lipinski definition) is 3. The van der Waals surface area contributed by atoms with Crippen molar-refractivity contribution in [3.63, 3.8) is 0 Å². The first kappa shape index (κ1) is 23.3. The lowest BCUT2D eigenvalue weighted by Crippen LogP contribution is -2.37. The minimum absolute atomic E-state index is 0.119. The van der Waals surface area contributed by atoms with E-state index in [-0.39, 0.29) is 12.6 Å². The summed E-state index contributed by atoms with van der Waals surface area (Å²) in [5.74, 6) is 0. The molecule has 0 fully saturated rings. The van der Waals surface area contributed by atoms with Gasteiger partial charge in [-0.1, -0.05) is 27.7 Å². The van der Waals surface area contributed by atoms with Crippen molar-refractivity contribution in [2.75, 3.05) is 40.3 Å². The number of rotatable bonds is 8. The molecular formula is C14H35N3O2. The number of hydrogen-bond acceptors (Lipinski definition) is 3. The van der Waals surface area contributed by atoms with Crippen LogP contribution in [0.25, 0.3) is 0 Å². The lowest BCUT2D eigenvalue weighted by Gasteiger charge is -2.10. The summed E-state index contributed by atoms with van der Waals surface area (Å²) in [4.78, 5) is 13.2. The average Bonchev–Trinajstić information content (AvgIpc) is 2.44.